The normalized spacial score (nSPS) is 12.1. The number of benzene rings is 1. The molecule has 18 heavy (non-hydrogen) atoms. The van der Waals surface area contributed by atoms with Crippen LogP contribution in [0.4, 0.5) is 5.69 Å². The number of amides is 1. The smallest absolute Gasteiger partial charge is 0.253 e. The van der Waals surface area contributed by atoms with Crippen LogP contribution >= 0.6 is 27.3 Å². The molecule has 0 aliphatic rings. The zero-order chi connectivity index (χ0) is 13.1. The maximum atomic E-state index is 12.1. The quantitative estimate of drug-likeness (QED) is 0.848. The van der Waals surface area contributed by atoms with Gasteiger partial charge in [0.15, 0.2) is 0 Å². The lowest BCUT2D eigenvalue weighted by atomic mass is 10.1. The first-order chi connectivity index (χ1) is 8.58. The molecule has 94 valence electrons. The first-order valence-electron chi connectivity index (χ1n) is 5.46. The summed E-state index contributed by atoms with van der Waals surface area (Å²) in [5, 5.41) is 6.95. The minimum Gasteiger partial charge on any atom is -0.398 e. The van der Waals surface area contributed by atoms with E-state index in [0.717, 1.165) is 10.0 Å². The second kappa shape index (κ2) is 5.54. The zero-order valence-corrected chi connectivity index (χ0v) is 12.2. The number of nitrogens with two attached hydrogens (primary N) is 1. The minimum atomic E-state index is -0.160. The van der Waals surface area contributed by atoms with Gasteiger partial charge in [0.1, 0.15) is 0 Å². The van der Waals surface area contributed by atoms with Crippen molar-refractivity contribution in [1.29, 1.82) is 0 Å². The highest BCUT2D eigenvalue weighted by Gasteiger charge is 2.14. The number of nitrogen functional groups attached to an aromatic ring is 1. The SMILES string of the molecule is CC(NC(=O)c1cc(Br)ccc1N)c1ccsc1. The molecule has 1 amide bonds. The summed E-state index contributed by atoms with van der Waals surface area (Å²) in [6.45, 7) is 1.95. The van der Waals surface area contributed by atoms with Crippen molar-refractivity contribution in [2.45, 2.75) is 13.0 Å². The molecule has 3 N–H and O–H groups in total. The van der Waals surface area contributed by atoms with E-state index in [4.69, 9.17) is 5.73 Å². The molecule has 2 rings (SSSR count). The van der Waals surface area contributed by atoms with E-state index in [0.29, 0.717) is 11.3 Å². The summed E-state index contributed by atoms with van der Waals surface area (Å²) in [5.74, 6) is -0.160. The van der Waals surface area contributed by atoms with Gasteiger partial charge in [-0.15, -0.1) is 0 Å². The van der Waals surface area contributed by atoms with E-state index < -0.39 is 0 Å². The lowest BCUT2D eigenvalue weighted by Gasteiger charge is -2.13. The molecule has 1 unspecified atom stereocenters. The molecule has 1 atom stereocenters. The fourth-order valence-electron chi connectivity index (χ4n) is 1.60. The van der Waals surface area contributed by atoms with Crippen molar-refractivity contribution in [1.82, 2.24) is 5.32 Å². The van der Waals surface area contributed by atoms with Gasteiger partial charge in [0, 0.05) is 10.2 Å². The standard InChI is InChI=1S/C13H13BrN2OS/c1-8(9-4-5-18-7-9)16-13(17)11-6-10(14)2-3-12(11)15/h2-8H,15H2,1H3,(H,16,17). The number of halogens is 1. The number of hydrogen-bond acceptors (Lipinski definition) is 3. The highest BCUT2D eigenvalue weighted by Crippen LogP contribution is 2.20. The van der Waals surface area contributed by atoms with Crippen molar-refractivity contribution in [3.8, 4) is 0 Å². The van der Waals surface area contributed by atoms with Gasteiger partial charge in [-0.3, -0.25) is 4.79 Å². The van der Waals surface area contributed by atoms with Gasteiger partial charge >= 0.3 is 0 Å². The zero-order valence-electron chi connectivity index (χ0n) is 9.81. The van der Waals surface area contributed by atoms with Gasteiger partial charge in [-0.2, -0.15) is 11.3 Å². The molecule has 0 aliphatic heterocycles. The van der Waals surface area contributed by atoms with Crippen LogP contribution in [0.15, 0.2) is 39.5 Å². The lowest BCUT2D eigenvalue weighted by Crippen LogP contribution is -2.27. The predicted molar refractivity (Wildman–Crippen MR) is 78.8 cm³/mol. The van der Waals surface area contributed by atoms with Crippen molar-refractivity contribution in [2.75, 3.05) is 5.73 Å². The van der Waals surface area contributed by atoms with E-state index in [1.165, 1.54) is 0 Å². The number of nitrogens with one attached hydrogen (secondary N) is 1. The molecule has 1 aromatic carbocycles. The molecule has 0 radical (unpaired) electrons. The van der Waals surface area contributed by atoms with Crippen molar-refractivity contribution in [3.05, 3.63) is 50.6 Å². The average molecular weight is 325 g/mol. The molecule has 1 heterocycles. The van der Waals surface area contributed by atoms with Gasteiger partial charge in [0.25, 0.3) is 5.91 Å². The molecule has 5 heteroatoms. The number of rotatable bonds is 3. The van der Waals surface area contributed by atoms with E-state index in [-0.39, 0.29) is 11.9 Å². The Kier molecular flexibility index (Phi) is 4.04. The van der Waals surface area contributed by atoms with Crippen LogP contribution in [-0.4, -0.2) is 5.91 Å². The van der Waals surface area contributed by atoms with Crippen LogP contribution in [0.3, 0.4) is 0 Å². The van der Waals surface area contributed by atoms with Crippen LogP contribution in [0.2, 0.25) is 0 Å². The fourth-order valence-corrected chi connectivity index (χ4v) is 2.72. The summed E-state index contributed by atoms with van der Waals surface area (Å²) in [7, 11) is 0. The van der Waals surface area contributed by atoms with Crippen molar-refractivity contribution in [2.24, 2.45) is 0 Å². The van der Waals surface area contributed by atoms with E-state index in [2.05, 4.69) is 21.2 Å². The number of thiophene rings is 1. The van der Waals surface area contributed by atoms with E-state index in [1.54, 1.807) is 23.5 Å². The third-order valence-electron chi connectivity index (χ3n) is 2.65. The molecule has 2 aromatic rings. The highest BCUT2D eigenvalue weighted by molar-refractivity contribution is 9.10. The third kappa shape index (κ3) is 2.91. The van der Waals surface area contributed by atoms with E-state index in [1.807, 2.05) is 29.8 Å². The maximum Gasteiger partial charge on any atom is 0.253 e. The molecule has 0 saturated carbocycles. The Morgan fingerprint density at radius 1 is 1.44 bits per heavy atom. The van der Waals surface area contributed by atoms with Gasteiger partial charge in [0.2, 0.25) is 0 Å². The summed E-state index contributed by atoms with van der Waals surface area (Å²) >= 11 is 4.95. The van der Waals surface area contributed by atoms with Gasteiger partial charge in [-0.1, -0.05) is 15.9 Å². The first kappa shape index (κ1) is 13.1. The third-order valence-corrected chi connectivity index (χ3v) is 3.85. The maximum absolute atomic E-state index is 12.1. The topological polar surface area (TPSA) is 55.1 Å². The molecule has 0 saturated heterocycles. The molecule has 0 spiro atoms. The van der Waals surface area contributed by atoms with Crippen LogP contribution in [0.25, 0.3) is 0 Å². The summed E-state index contributed by atoms with van der Waals surface area (Å²) in [6.07, 6.45) is 0. The number of anilines is 1. The van der Waals surface area contributed by atoms with Crippen LogP contribution in [0.1, 0.15) is 28.9 Å². The molecular weight excluding hydrogens is 312 g/mol. The molecule has 1 aromatic heterocycles. The fraction of sp³-hybridized carbons (Fsp3) is 0.154. The number of carbonyl (C=O) groups is 1. The minimum absolute atomic E-state index is 0.0258. The summed E-state index contributed by atoms with van der Waals surface area (Å²) in [4.78, 5) is 12.1. The largest absolute Gasteiger partial charge is 0.398 e. The van der Waals surface area contributed by atoms with Crippen LogP contribution in [0, 0.1) is 0 Å². The average Bonchev–Trinajstić information content (AvgIpc) is 2.85. The summed E-state index contributed by atoms with van der Waals surface area (Å²) < 4.78 is 0.838. The Balaban J connectivity index is 2.15. The van der Waals surface area contributed by atoms with Crippen LogP contribution < -0.4 is 11.1 Å². The predicted octanol–water partition coefficient (Wildman–Crippen LogP) is 3.58. The first-order valence-corrected chi connectivity index (χ1v) is 7.19. The highest BCUT2D eigenvalue weighted by atomic mass is 79.9. The Labute approximate surface area is 118 Å². The Morgan fingerprint density at radius 3 is 2.89 bits per heavy atom. The molecule has 0 bridgehead atoms. The van der Waals surface area contributed by atoms with Crippen LogP contribution in [0.5, 0.6) is 0 Å². The second-order valence-electron chi connectivity index (χ2n) is 3.98. The summed E-state index contributed by atoms with van der Waals surface area (Å²) in [6, 6.07) is 7.23. The molecular formula is C13H13BrN2OS. The van der Waals surface area contributed by atoms with Gasteiger partial charge in [0.05, 0.1) is 11.6 Å². The lowest BCUT2D eigenvalue weighted by molar-refractivity contribution is 0.0941. The summed E-state index contributed by atoms with van der Waals surface area (Å²) in [5.41, 5.74) is 7.88. The van der Waals surface area contributed by atoms with Crippen molar-refractivity contribution < 1.29 is 4.79 Å². The van der Waals surface area contributed by atoms with E-state index in [9.17, 15) is 4.79 Å². The Bertz CT molecular complexity index is 554. The molecule has 0 aliphatic carbocycles. The van der Waals surface area contributed by atoms with Gasteiger partial charge < -0.3 is 11.1 Å². The van der Waals surface area contributed by atoms with Crippen molar-refractivity contribution in [3.63, 3.8) is 0 Å². The molecule has 0 fully saturated rings. The monoisotopic (exact) mass is 324 g/mol. The number of carbonyl (C=O) groups excluding carboxylic acids is 1. The molecule has 3 nitrogen and oxygen atoms in total. The van der Waals surface area contributed by atoms with Crippen LogP contribution in [-0.2, 0) is 0 Å². The van der Waals surface area contributed by atoms with Gasteiger partial charge in [-0.05, 0) is 47.5 Å². The Hall–Kier alpha value is -1.33. The van der Waals surface area contributed by atoms with Crippen molar-refractivity contribution >= 4 is 38.9 Å². The Morgan fingerprint density at radius 2 is 2.22 bits per heavy atom. The van der Waals surface area contributed by atoms with Gasteiger partial charge in [-0.25, -0.2) is 0 Å². The van der Waals surface area contributed by atoms with E-state index >= 15 is 0 Å². The second-order valence-corrected chi connectivity index (χ2v) is 5.68. The number of hydrogen-bond donors (Lipinski definition) is 2.